The van der Waals surface area contributed by atoms with Crippen LogP contribution in [0.4, 0.5) is 0 Å². The third kappa shape index (κ3) is 6.58. The van der Waals surface area contributed by atoms with Crippen molar-refractivity contribution in [3.63, 3.8) is 0 Å². The Balaban J connectivity index is -0.000000163. The van der Waals surface area contributed by atoms with Crippen molar-refractivity contribution in [3.8, 4) is 0 Å². The second-order valence-electron chi connectivity index (χ2n) is 2.05. The molecule has 3 nitrogen and oxygen atoms in total. The van der Waals surface area contributed by atoms with Gasteiger partial charge < -0.3 is 15.7 Å². The van der Waals surface area contributed by atoms with Gasteiger partial charge in [-0.1, -0.05) is 0 Å². The number of hydrogen-bond donors (Lipinski definition) is 1. The van der Waals surface area contributed by atoms with E-state index >= 15 is 0 Å². The summed E-state index contributed by atoms with van der Waals surface area (Å²) < 4.78 is 0. The summed E-state index contributed by atoms with van der Waals surface area (Å²) in [4.78, 5) is 2.33. The minimum absolute atomic E-state index is 0. The first-order valence-corrected chi connectivity index (χ1v) is 2.79. The van der Waals surface area contributed by atoms with Crippen LogP contribution in [0.5, 0.6) is 0 Å². The molecular formula is C5H16Cl2N2O. The quantitative estimate of drug-likeness (QED) is 0.563. The van der Waals surface area contributed by atoms with Crippen molar-refractivity contribution in [3.05, 3.63) is 0 Å². The van der Waals surface area contributed by atoms with E-state index < -0.39 is 0 Å². The molecule has 0 bridgehead atoms. The highest BCUT2D eigenvalue weighted by Crippen LogP contribution is 1.82. The Morgan fingerprint density at radius 2 is 1.50 bits per heavy atom. The van der Waals surface area contributed by atoms with Gasteiger partial charge in [0.05, 0.1) is 0 Å². The van der Waals surface area contributed by atoms with Crippen molar-refractivity contribution in [2.75, 3.05) is 33.2 Å². The first kappa shape index (κ1) is 16.8. The lowest BCUT2D eigenvalue weighted by molar-refractivity contribution is 0.291. The Labute approximate surface area is 74.3 Å². The van der Waals surface area contributed by atoms with Crippen molar-refractivity contribution in [1.29, 1.82) is 0 Å². The summed E-state index contributed by atoms with van der Waals surface area (Å²) in [6.07, 6.45) is 0. The van der Waals surface area contributed by atoms with E-state index in [0.29, 0.717) is 0 Å². The Hall–Kier alpha value is 0.460. The first-order valence-electron chi connectivity index (χ1n) is 2.79. The molecule has 0 atom stereocenters. The molecule has 10 heavy (non-hydrogen) atoms. The van der Waals surface area contributed by atoms with Crippen LogP contribution in [-0.2, 0) is 0 Å². The van der Waals surface area contributed by atoms with E-state index in [2.05, 4.69) is 17.3 Å². The molecule has 1 saturated heterocycles. The van der Waals surface area contributed by atoms with E-state index in [9.17, 15) is 0 Å². The molecule has 1 heterocycles. The Morgan fingerprint density at radius 1 is 1.10 bits per heavy atom. The van der Waals surface area contributed by atoms with Gasteiger partial charge >= 0.3 is 0 Å². The Morgan fingerprint density at radius 3 is 1.70 bits per heavy atom. The zero-order valence-corrected chi connectivity index (χ0v) is 7.73. The van der Waals surface area contributed by atoms with E-state index in [0.717, 1.165) is 13.1 Å². The molecule has 1 aliphatic rings. The minimum Gasteiger partial charge on any atom is -0.412 e. The zero-order chi connectivity index (χ0) is 5.11. The predicted octanol–water partition coefficient (Wildman–Crippen LogP) is -0.460. The van der Waals surface area contributed by atoms with Gasteiger partial charge in [-0.05, 0) is 7.05 Å². The molecule has 0 amide bonds. The zero-order valence-electron chi connectivity index (χ0n) is 6.09. The minimum atomic E-state index is 0. The van der Waals surface area contributed by atoms with Gasteiger partial charge in [0.1, 0.15) is 0 Å². The van der Waals surface area contributed by atoms with Gasteiger partial charge in [0.15, 0.2) is 0 Å². The summed E-state index contributed by atoms with van der Waals surface area (Å²) in [7, 11) is 2.15. The van der Waals surface area contributed by atoms with Gasteiger partial charge in [0.25, 0.3) is 0 Å². The van der Waals surface area contributed by atoms with Gasteiger partial charge in [-0.2, -0.15) is 0 Å². The van der Waals surface area contributed by atoms with Gasteiger partial charge in [0.2, 0.25) is 0 Å². The highest BCUT2D eigenvalue weighted by atomic mass is 35.5. The molecule has 0 aliphatic carbocycles. The van der Waals surface area contributed by atoms with Crippen LogP contribution in [0.25, 0.3) is 0 Å². The lowest BCUT2D eigenvalue weighted by Gasteiger charge is -2.21. The molecular weight excluding hydrogens is 175 g/mol. The number of halogens is 2. The van der Waals surface area contributed by atoms with Crippen LogP contribution in [0.1, 0.15) is 0 Å². The normalized spacial score (nSPS) is 17.7. The fourth-order valence-electron chi connectivity index (χ4n) is 0.777. The average molecular weight is 191 g/mol. The Bertz CT molecular complexity index is 59.6. The smallest absolute Gasteiger partial charge is 0.0104 e. The summed E-state index contributed by atoms with van der Waals surface area (Å²) >= 11 is 0. The van der Waals surface area contributed by atoms with Gasteiger partial charge in [0, 0.05) is 26.2 Å². The van der Waals surface area contributed by atoms with Crippen LogP contribution in [0.2, 0.25) is 0 Å². The highest BCUT2D eigenvalue weighted by molar-refractivity contribution is 5.85. The molecule has 0 unspecified atom stereocenters. The number of nitrogens with one attached hydrogen (secondary N) is 1. The third-order valence-corrected chi connectivity index (χ3v) is 1.34. The van der Waals surface area contributed by atoms with Crippen LogP contribution in [0, 0.1) is 0 Å². The standard InChI is InChI=1S/C5H12N2.2ClH.H2O/c1-7-4-2-6-3-5-7;;;/h6H,2-5H2,1H3;2*1H;1H2. The van der Waals surface area contributed by atoms with Crippen LogP contribution >= 0.6 is 24.8 Å². The number of rotatable bonds is 0. The summed E-state index contributed by atoms with van der Waals surface area (Å²) in [5, 5.41) is 3.27. The topological polar surface area (TPSA) is 46.8 Å². The molecule has 0 radical (unpaired) electrons. The molecule has 1 fully saturated rings. The van der Waals surface area contributed by atoms with Gasteiger partial charge in [-0.25, -0.2) is 0 Å². The third-order valence-electron chi connectivity index (χ3n) is 1.34. The van der Waals surface area contributed by atoms with Crippen molar-refractivity contribution in [2.45, 2.75) is 0 Å². The first-order chi connectivity index (χ1) is 3.39. The average Bonchev–Trinajstić information content (AvgIpc) is 1.69. The number of nitrogens with zero attached hydrogens (tertiary/aromatic N) is 1. The molecule has 3 N–H and O–H groups in total. The molecule has 0 spiro atoms. The largest absolute Gasteiger partial charge is 0.412 e. The number of hydrogen-bond acceptors (Lipinski definition) is 2. The molecule has 0 aromatic carbocycles. The molecule has 1 rings (SSSR count). The molecule has 0 aromatic rings. The predicted molar refractivity (Wildman–Crippen MR) is 48.5 cm³/mol. The second kappa shape index (κ2) is 9.46. The van der Waals surface area contributed by atoms with Crippen LogP contribution in [0.3, 0.4) is 0 Å². The summed E-state index contributed by atoms with van der Waals surface area (Å²) in [6, 6.07) is 0. The highest BCUT2D eigenvalue weighted by Gasteiger charge is 2.01. The van der Waals surface area contributed by atoms with E-state index in [1.54, 1.807) is 0 Å². The summed E-state index contributed by atoms with van der Waals surface area (Å²) in [6.45, 7) is 4.74. The SMILES string of the molecule is CN1CCNCC1.Cl.Cl.O. The maximum absolute atomic E-state index is 3.27. The lowest BCUT2D eigenvalue weighted by Crippen LogP contribution is -2.40. The van der Waals surface area contributed by atoms with Crippen molar-refractivity contribution in [1.82, 2.24) is 10.2 Å². The summed E-state index contributed by atoms with van der Waals surface area (Å²) in [5.41, 5.74) is 0. The molecule has 0 saturated carbocycles. The molecule has 66 valence electrons. The molecule has 0 aromatic heterocycles. The van der Waals surface area contributed by atoms with Crippen molar-refractivity contribution < 1.29 is 5.48 Å². The number of piperazine rings is 1. The molecule has 5 heteroatoms. The van der Waals surface area contributed by atoms with E-state index in [1.165, 1.54) is 13.1 Å². The van der Waals surface area contributed by atoms with Gasteiger partial charge in [-0.3, -0.25) is 0 Å². The van der Waals surface area contributed by atoms with E-state index in [4.69, 9.17) is 0 Å². The van der Waals surface area contributed by atoms with E-state index in [-0.39, 0.29) is 30.3 Å². The fourth-order valence-corrected chi connectivity index (χ4v) is 0.777. The van der Waals surface area contributed by atoms with Crippen molar-refractivity contribution in [2.24, 2.45) is 0 Å². The van der Waals surface area contributed by atoms with Crippen LogP contribution in [-0.4, -0.2) is 43.6 Å². The lowest BCUT2D eigenvalue weighted by atomic mass is 10.4. The van der Waals surface area contributed by atoms with Gasteiger partial charge in [-0.15, -0.1) is 24.8 Å². The fraction of sp³-hybridized carbons (Fsp3) is 1.00. The maximum Gasteiger partial charge on any atom is 0.0104 e. The maximum atomic E-state index is 3.27. The second-order valence-corrected chi connectivity index (χ2v) is 2.05. The van der Waals surface area contributed by atoms with E-state index in [1.807, 2.05) is 0 Å². The monoisotopic (exact) mass is 190 g/mol. The van der Waals surface area contributed by atoms with Crippen LogP contribution in [0.15, 0.2) is 0 Å². The Kier molecular flexibility index (Phi) is 15.9. The molecule has 1 aliphatic heterocycles. The van der Waals surface area contributed by atoms with Crippen LogP contribution < -0.4 is 5.32 Å². The van der Waals surface area contributed by atoms with Crippen molar-refractivity contribution >= 4 is 24.8 Å². The summed E-state index contributed by atoms with van der Waals surface area (Å²) in [5.74, 6) is 0. The number of likely N-dealkylation sites (N-methyl/N-ethyl adjacent to an activating group) is 1.